The summed E-state index contributed by atoms with van der Waals surface area (Å²) in [4.78, 5) is 10.8. The van der Waals surface area contributed by atoms with Crippen molar-refractivity contribution in [3.05, 3.63) is 53.6 Å². The second kappa shape index (κ2) is 6.53. The lowest BCUT2D eigenvalue weighted by atomic mass is 9.97. The number of aliphatic carboxylic acids is 1. The summed E-state index contributed by atoms with van der Waals surface area (Å²) >= 11 is 0. The largest absolute Gasteiger partial charge is 0.497 e. The van der Waals surface area contributed by atoms with Crippen molar-refractivity contribution in [2.75, 3.05) is 7.11 Å². The van der Waals surface area contributed by atoms with Crippen molar-refractivity contribution in [3.63, 3.8) is 0 Å². The highest BCUT2D eigenvalue weighted by Gasteiger charge is 2.15. The Hall–Kier alpha value is -2.47. The first kappa shape index (κ1) is 15.9. The molecule has 2 aromatic carbocycles. The first-order valence-corrected chi connectivity index (χ1v) is 6.52. The molecule has 0 bridgehead atoms. The lowest BCUT2D eigenvalue weighted by Gasteiger charge is -2.14. The van der Waals surface area contributed by atoms with E-state index in [1.807, 2.05) is 0 Å². The van der Waals surface area contributed by atoms with E-state index in [9.17, 15) is 13.6 Å². The minimum atomic E-state index is -1.04. The maximum absolute atomic E-state index is 13.9. The van der Waals surface area contributed by atoms with Crippen LogP contribution in [0, 0.1) is 11.6 Å². The molecule has 0 saturated heterocycles. The van der Waals surface area contributed by atoms with Gasteiger partial charge in [0.25, 0.3) is 0 Å². The summed E-state index contributed by atoms with van der Waals surface area (Å²) < 4.78 is 32.1. The van der Waals surface area contributed by atoms with Crippen LogP contribution in [0.2, 0.25) is 0 Å². The van der Waals surface area contributed by atoms with Gasteiger partial charge in [0.05, 0.1) is 13.5 Å². The summed E-state index contributed by atoms with van der Waals surface area (Å²) in [6.07, 6.45) is -0.265. The Morgan fingerprint density at radius 1 is 1.27 bits per heavy atom. The van der Waals surface area contributed by atoms with Crippen LogP contribution in [0.15, 0.2) is 36.4 Å². The molecule has 0 aliphatic rings. The Kier molecular flexibility index (Phi) is 4.72. The smallest absolute Gasteiger partial charge is 0.305 e. The van der Waals surface area contributed by atoms with E-state index >= 15 is 0 Å². The third-order valence-corrected chi connectivity index (χ3v) is 3.23. The van der Waals surface area contributed by atoms with Gasteiger partial charge in [0.15, 0.2) is 0 Å². The molecule has 3 N–H and O–H groups in total. The molecule has 0 fully saturated rings. The van der Waals surface area contributed by atoms with Crippen LogP contribution in [-0.4, -0.2) is 18.2 Å². The fourth-order valence-corrected chi connectivity index (χ4v) is 2.14. The number of carbonyl (C=O) groups is 1. The second-order valence-corrected chi connectivity index (χ2v) is 4.82. The Labute approximate surface area is 126 Å². The maximum Gasteiger partial charge on any atom is 0.305 e. The van der Waals surface area contributed by atoms with Gasteiger partial charge in [-0.15, -0.1) is 0 Å². The van der Waals surface area contributed by atoms with Crippen molar-refractivity contribution in [2.24, 2.45) is 5.73 Å². The van der Waals surface area contributed by atoms with Crippen LogP contribution in [0.3, 0.4) is 0 Å². The molecule has 0 aliphatic heterocycles. The minimum Gasteiger partial charge on any atom is -0.497 e. The van der Waals surface area contributed by atoms with Crippen molar-refractivity contribution < 1.29 is 23.4 Å². The number of benzene rings is 2. The SMILES string of the molecule is COc1cc(-c2ccc(F)cc2F)cc(C(N)CC(=O)O)c1. The van der Waals surface area contributed by atoms with Crippen LogP contribution in [0.25, 0.3) is 11.1 Å². The molecule has 0 heterocycles. The predicted octanol–water partition coefficient (Wildman–Crippen LogP) is 3.11. The summed E-state index contributed by atoms with van der Waals surface area (Å²) in [5.41, 5.74) is 6.96. The molecular formula is C16H15F2NO3. The molecule has 0 aromatic heterocycles. The maximum atomic E-state index is 13.9. The normalized spacial score (nSPS) is 12.0. The van der Waals surface area contributed by atoms with Gasteiger partial charge in [0, 0.05) is 17.7 Å². The van der Waals surface area contributed by atoms with E-state index in [0.717, 1.165) is 12.1 Å². The van der Waals surface area contributed by atoms with Gasteiger partial charge in [-0.3, -0.25) is 4.79 Å². The first-order valence-electron chi connectivity index (χ1n) is 6.52. The summed E-state index contributed by atoms with van der Waals surface area (Å²) in [5.74, 6) is -2.01. The predicted molar refractivity (Wildman–Crippen MR) is 77.5 cm³/mol. The van der Waals surface area contributed by atoms with Crippen LogP contribution in [-0.2, 0) is 4.79 Å². The molecule has 1 unspecified atom stereocenters. The fraction of sp³-hybridized carbons (Fsp3) is 0.188. The first-order chi connectivity index (χ1) is 10.4. The third kappa shape index (κ3) is 3.59. The molecule has 6 heteroatoms. The average Bonchev–Trinajstić information content (AvgIpc) is 2.46. The number of rotatable bonds is 5. The quantitative estimate of drug-likeness (QED) is 0.890. The molecule has 22 heavy (non-hydrogen) atoms. The molecule has 2 rings (SSSR count). The molecular weight excluding hydrogens is 292 g/mol. The summed E-state index contributed by atoms with van der Waals surface area (Å²) in [6.45, 7) is 0. The number of nitrogens with two attached hydrogens (primary N) is 1. The number of carboxylic acid groups (broad SMARTS) is 1. The molecule has 1 atom stereocenters. The zero-order valence-electron chi connectivity index (χ0n) is 11.8. The third-order valence-electron chi connectivity index (χ3n) is 3.23. The van der Waals surface area contributed by atoms with E-state index in [1.54, 1.807) is 18.2 Å². The molecule has 0 amide bonds. The molecule has 0 aliphatic carbocycles. The Morgan fingerprint density at radius 2 is 2.00 bits per heavy atom. The number of hydrogen-bond acceptors (Lipinski definition) is 3. The zero-order valence-corrected chi connectivity index (χ0v) is 11.8. The van der Waals surface area contributed by atoms with Gasteiger partial charge in [0.1, 0.15) is 17.4 Å². The minimum absolute atomic E-state index is 0.184. The van der Waals surface area contributed by atoms with E-state index in [4.69, 9.17) is 15.6 Å². The topological polar surface area (TPSA) is 72.5 Å². The Balaban J connectivity index is 2.49. The van der Waals surface area contributed by atoms with Crippen LogP contribution >= 0.6 is 0 Å². The zero-order chi connectivity index (χ0) is 16.3. The summed E-state index contributed by atoms with van der Waals surface area (Å²) in [7, 11) is 1.44. The van der Waals surface area contributed by atoms with E-state index in [-0.39, 0.29) is 12.0 Å². The number of methoxy groups -OCH3 is 1. The fourth-order valence-electron chi connectivity index (χ4n) is 2.14. The van der Waals surface area contributed by atoms with Crippen molar-refractivity contribution in [2.45, 2.75) is 12.5 Å². The molecule has 0 spiro atoms. The standard InChI is InChI=1S/C16H15F2NO3/c1-22-12-5-9(13-3-2-11(17)7-14(13)18)4-10(6-12)15(19)8-16(20)21/h2-7,15H,8,19H2,1H3,(H,20,21). The van der Waals surface area contributed by atoms with E-state index in [2.05, 4.69) is 0 Å². The van der Waals surface area contributed by atoms with E-state index in [0.29, 0.717) is 16.9 Å². The van der Waals surface area contributed by atoms with Gasteiger partial charge in [0.2, 0.25) is 0 Å². The van der Waals surface area contributed by atoms with Gasteiger partial charge in [-0.25, -0.2) is 8.78 Å². The van der Waals surface area contributed by atoms with Crippen LogP contribution in [0.1, 0.15) is 18.0 Å². The number of halogens is 2. The molecule has 0 radical (unpaired) electrons. The number of carboxylic acids is 1. The van der Waals surface area contributed by atoms with E-state index < -0.39 is 23.6 Å². The van der Waals surface area contributed by atoms with Crippen LogP contribution < -0.4 is 10.5 Å². The van der Waals surface area contributed by atoms with Crippen LogP contribution in [0.4, 0.5) is 8.78 Å². The average molecular weight is 307 g/mol. The van der Waals surface area contributed by atoms with Crippen molar-refractivity contribution in [1.82, 2.24) is 0 Å². The van der Waals surface area contributed by atoms with Gasteiger partial charge in [-0.05, 0) is 41.5 Å². The van der Waals surface area contributed by atoms with Gasteiger partial charge < -0.3 is 15.6 Å². The number of ether oxygens (including phenoxy) is 1. The van der Waals surface area contributed by atoms with Crippen molar-refractivity contribution >= 4 is 5.97 Å². The highest BCUT2D eigenvalue weighted by molar-refractivity contribution is 5.70. The van der Waals surface area contributed by atoms with Gasteiger partial charge in [-0.1, -0.05) is 0 Å². The van der Waals surface area contributed by atoms with Gasteiger partial charge in [-0.2, -0.15) is 0 Å². The molecule has 4 nitrogen and oxygen atoms in total. The van der Waals surface area contributed by atoms with Crippen molar-refractivity contribution in [1.29, 1.82) is 0 Å². The van der Waals surface area contributed by atoms with Gasteiger partial charge >= 0.3 is 5.97 Å². The highest BCUT2D eigenvalue weighted by Crippen LogP contribution is 2.31. The van der Waals surface area contributed by atoms with Crippen molar-refractivity contribution in [3.8, 4) is 16.9 Å². The van der Waals surface area contributed by atoms with E-state index in [1.165, 1.54) is 13.2 Å². The Morgan fingerprint density at radius 3 is 2.59 bits per heavy atom. The Bertz CT molecular complexity index is 704. The monoisotopic (exact) mass is 307 g/mol. The lowest BCUT2D eigenvalue weighted by Crippen LogP contribution is -2.15. The second-order valence-electron chi connectivity index (χ2n) is 4.82. The molecule has 116 valence electrons. The highest BCUT2D eigenvalue weighted by atomic mass is 19.1. The molecule has 0 saturated carbocycles. The number of hydrogen-bond donors (Lipinski definition) is 2. The molecule has 2 aromatic rings. The van der Waals surface area contributed by atoms with Crippen LogP contribution in [0.5, 0.6) is 5.75 Å². The summed E-state index contributed by atoms with van der Waals surface area (Å²) in [5, 5.41) is 8.82. The lowest BCUT2D eigenvalue weighted by molar-refractivity contribution is -0.137. The summed E-state index contributed by atoms with van der Waals surface area (Å²) in [6, 6.07) is 7.24.